The van der Waals surface area contributed by atoms with Crippen LogP contribution in [0.2, 0.25) is 0 Å². The summed E-state index contributed by atoms with van der Waals surface area (Å²) in [6, 6.07) is 1.95. The summed E-state index contributed by atoms with van der Waals surface area (Å²) in [7, 11) is 0. The minimum absolute atomic E-state index is 0.0579. The van der Waals surface area contributed by atoms with Crippen molar-refractivity contribution in [3.63, 3.8) is 0 Å². The highest BCUT2D eigenvalue weighted by Crippen LogP contribution is 2.09. The highest BCUT2D eigenvalue weighted by Gasteiger charge is 2.06. The normalized spacial score (nSPS) is 10.4. The van der Waals surface area contributed by atoms with E-state index in [1.54, 1.807) is 24.0 Å². The Bertz CT molecular complexity index is 558. The average Bonchev–Trinajstić information content (AvgIpc) is 2.69. The van der Waals surface area contributed by atoms with Crippen molar-refractivity contribution in [1.82, 2.24) is 19.7 Å². The molecule has 2 heterocycles. The molecule has 1 amide bonds. The van der Waals surface area contributed by atoms with Crippen LogP contribution in [0.4, 0.5) is 5.69 Å². The topological polar surface area (TPSA) is 72.7 Å². The Balaban J connectivity index is 2.22. The van der Waals surface area contributed by atoms with Gasteiger partial charge < -0.3 is 5.32 Å². The molecule has 94 valence electrons. The number of nitrogens with zero attached hydrogens (tertiary/aromatic N) is 4. The van der Waals surface area contributed by atoms with Crippen molar-refractivity contribution in [2.45, 2.75) is 27.2 Å². The smallest absolute Gasteiger partial charge is 0.250 e. The van der Waals surface area contributed by atoms with Gasteiger partial charge >= 0.3 is 0 Å². The summed E-state index contributed by atoms with van der Waals surface area (Å²) >= 11 is 0. The predicted molar refractivity (Wildman–Crippen MR) is 67.5 cm³/mol. The monoisotopic (exact) mass is 245 g/mol. The van der Waals surface area contributed by atoms with E-state index in [2.05, 4.69) is 20.4 Å². The largest absolute Gasteiger partial charge is 0.323 e. The highest BCUT2D eigenvalue weighted by atomic mass is 16.1. The van der Waals surface area contributed by atoms with Gasteiger partial charge in [0.15, 0.2) is 0 Å². The van der Waals surface area contributed by atoms with E-state index in [9.17, 15) is 4.79 Å². The number of nitrogens with one attached hydrogen (secondary N) is 1. The molecule has 0 saturated carbocycles. The van der Waals surface area contributed by atoms with Gasteiger partial charge in [0.25, 0.3) is 5.95 Å². The van der Waals surface area contributed by atoms with Crippen LogP contribution in [0.3, 0.4) is 0 Å². The molecular formula is C12H15N5O. The average molecular weight is 245 g/mol. The Labute approximate surface area is 105 Å². The molecule has 6 nitrogen and oxygen atoms in total. The van der Waals surface area contributed by atoms with Gasteiger partial charge in [-0.05, 0) is 19.9 Å². The molecule has 0 aliphatic rings. The maximum Gasteiger partial charge on any atom is 0.250 e. The van der Waals surface area contributed by atoms with Crippen LogP contribution < -0.4 is 5.32 Å². The van der Waals surface area contributed by atoms with Crippen LogP contribution in [0.5, 0.6) is 0 Å². The first kappa shape index (κ1) is 12.2. The molecule has 2 aromatic heterocycles. The van der Waals surface area contributed by atoms with Gasteiger partial charge in [-0.15, -0.1) is 0 Å². The third-order valence-corrected chi connectivity index (χ3v) is 2.44. The second kappa shape index (κ2) is 4.95. The Morgan fingerprint density at radius 1 is 1.33 bits per heavy atom. The van der Waals surface area contributed by atoms with Gasteiger partial charge in [-0.1, -0.05) is 6.92 Å². The van der Waals surface area contributed by atoms with Gasteiger partial charge in [-0.2, -0.15) is 5.10 Å². The van der Waals surface area contributed by atoms with Crippen LogP contribution in [-0.4, -0.2) is 25.7 Å². The number of aromatic nitrogens is 4. The molecule has 0 atom stereocenters. The first-order valence-electron chi connectivity index (χ1n) is 5.75. The van der Waals surface area contributed by atoms with E-state index in [0.717, 1.165) is 11.4 Å². The maximum atomic E-state index is 11.2. The van der Waals surface area contributed by atoms with Crippen LogP contribution in [0.1, 0.15) is 24.7 Å². The summed E-state index contributed by atoms with van der Waals surface area (Å²) in [6.45, 7) is 5.65. The minimum atomic E-state index is -0.0579. The fourth-order valence-electron chi connectivity index (χ4n) is 1.58. The lowest BCUT2D eigenvalue weighted by Crippen LogP contribution is -2.11. The lowest BCUT2D eigenvalue weighted by Gasteiger charge is -2.04. The van der Waals surface area contributed by atoms with Gasteiger partial charge in [-0.3, -0.25) is 4.79 Å². The lowest BCUT2D eigenvalue weighted by molar-refractivity contribution is -0.115. The molecule has 0 radical (unpaired) electrons. The van der Waals surface area contributed by atoms with E-state index in [4.69, 9.17) is 0 Å². The Kier molecular flexibility index (Phi) is 3.36. The van der Waals surface area contributed by atoms with Crippen molar-refractivity contribution < 1.29 is 4.79 Å². The molecule has 2 aromatic rings. The van der Waals surface area contributed by atoms with Crippen molar-refractivity contribution in [3.8, 4) is 5.95 Å². The van der Waals surface area contributed by atoms with E-state index in [1.807, 2.05) is 19.9 Å². The van der Waals surface area contributed by atoms with Crippen LogP contribution >= 0.6 is 0 Å². The van der Waals surface area contributed by atoms with E-state index in [-0.39, 0.29) is 5.91 Å². The van der Waals surface area contributed by atoms with Gasteiger partial charge in [0.05, 0.1) is 23.8 Å². The van der Waals surface area contributed by atoms with Crippen molar-refractivity contribution in [2.24, 2.45) is 0 Å². The van der Waals surface area contributed by atoms with E-state index >= 15 is 0 Å². The molecule has 0 aromatic carbocycles. The summed E-state index contributed by atoms with van der Waals surface area (Å²) in [4.78, 5) is 19.6. The summed E-state index contributed by atoms with van der Waals surface area (Å²) < 4.78 is 1.67. The molecule has 0 saturated heterocycles. The maximum absolute atomic E-state index is 11.2. The van der Waals surface area contributed by atoms with Gasteiger partial charge in [0.2, 0.25) is 5.91 Å². The molecule has 6 heteroatoms. The minimum Gasteiger partial charge on any atom is -0.323 e. The Morgan fingerprint density at radius 3 is 2.50 bits per heavy atom. The molecule has 0 bridgehead atoms. The van der Waals surface area contributed by atoms with Crippen molar-refractivity contribution >= 4 is 11.6 Å². The third-order valence-electron chi connectivity index (χ3n) is 2.44. The third kappa shape index (κ3) is 2.53. The Morgan fingerprint density at radius 2 is 2.00 bits per heavy atom. The van der Waals surface area contributed by atoms with Crippen LogP contribution in [0, 0.1) is 13.8 Å². The van der Waals surface area contributed by atoms with Gasteiger partial charge in [-0.25, -0.2) is 14.6 Å². The molecular weight excluding hydrogens is 230 g/mol. The number of anilines is 1. The second-order valence-corrected chi connectivity index (χ2v) is 4.01. The fraction of sp³-hybridized carbons (Fsp3) is 0.333. The van der Waals surface area contributed by atoms with Crippen LogP contribution in [-0.2, 0) is 4.79 Å². The zero-order chi connectivity index (χ0) is 13.1. The second-order valence-electron chi connectivity index (χ2n) is 4.01. The number of rotatable bonds is 3. The number of aryl methyl sites for hydroxylation is 2. The van der Waals surface area contributed by atoms with Crippen molar-refractivity contribution in [1.29, 1.82) is 0 Å². The molecule has 18 heavy (non-hydrogen) atoms. The zero-order valence-electron chi connectivity index (χ0n) is 10.6. The summed E-state index contributed by atoms with van der Waals surface area (Å²) in [5.74, 6) is 0.438. The molecule has 0 fully saturated rings. The van der Waals surface area contributed by atoms with Crippen LogP contribution in [0.15, 0.2) is 18.5 Å². The standard InChI is InChI=1S/C12H15N5O/c1-4-11(18)15-10-6-13-12(14-7-10)17-9(3)5-8(2)16-17/h5-7H,4H2,1-3H3,(H,15,18). The predicted octanol–water partition coefficient (Wildman–Crippen LogP) is 1.63. The molecule has 0 aliphatic carbocycles. The lowest BCUT2D eigenvalue weighted by atomic mass is 10.4. The Hall–Kier alpha value is -2.24. The number of hydrogen-bond donors (Lipinski definition) is 1. The van der Waals surface area contributed by atoms with Crippen molar-refractivity contribution in [2.75, 3.05) is 5.32 Å². The molecule has 1 N–H and O–H groups in total. The summed E-state index contributed by atoms with van der Waals surface area (Å²) in [5, 5.41) is 6.99. The van der Waals surface area contributed by atoms with E-state index in [0.29, 0.717) is 18.1 Å². The first-order chi connectivity index (χ1) is 8.60. The molecule has 0 unspecified atom stereocenters. The molecule has 0 spiro atoms. The fourth-order valence-corrected chi connectivity index (χ4v) is 1.58. The highest BCUT2D eigenvalue weighted by molar-refractivity contribution is 5.90. The van der Waals surface area contributed by atoms with Crippen LogP contribution in [0.25, 0.3) is 5.95 Å². The van der Waals surface area contributed by atoms with E-state index < -0.39 is 0 Å². The molecule has 2 rings (SSSR count). The van der Waals surface area contributed by atoms with Crippen molar-refractivity contribution in [3.05, 3.63) is 29.8 Å². The van der Waals surface area contributed by atoms with Gasteiger partial charge in [0.1, 0.15) is 0 Å². The first-order valence-corrected chi connectivity index (χ1v) is 5.75. The van der Waals surface area contributed by atoms with E-state index in [1.165, 1.54) is 0 Å². The van der Waals surface area contributed by atoms with Gasteiger partial charge in [0, 0.05) is 12.1 Å². The number of carbonyl (C=O) groups is 1. The number of carbonyl (C=O) groups excluding carboxylic acids is 1. The number of hydrogen-bond acceptors (Lipinski definition) is 4. The quantitative estimate of drug-likeness (QED) is 0.892. The molecule has 0 aliphatic heterocycles. The summed E-state index contributed by atoms with van der Waals surface area (Å²) in [5.41, 5.74) is 2.48. The zero-order valence-corrected chi connectivity index (χ0v) is 10.6. The summed E-state index contributed by atoms with van der Waals surface area (Å²) in [6.07, 6.45) is 3.58. The number of amides is 1. The SMILES string of the molecule is CCC(=O)Nc1cnc(-n2nc(C)cc2C)nc1.